The highest BCUT2D eigenvalue weighted by Gasteiger charge is 2.29. The van der Waals surface area contributed by atoms with E-state index in [9.17, 15) is 14.0 Å². The molecule has 30 heavy (non-hydrogen) atoms. The second kappa shape index (κ2) is 9.82. The molecule has 0 aliphatic carbocycles. The van der Waals surface area contributed by atoms with Crippen molar-refractivity contribution in [3.05, 3.63) is 47.4 Å². The summed E-state index contributed by atoms with van der Waals surface area (Å²) in [6.07, 6.45) is 2.43. The molecule has 1 atom stereocenters. The number of piperidine rings is 1. The van der Waals surface area contributed by atoms with Crippen molar-refractivity contribution in [2.45, 2.75) is 58.4 Å². The van der Waals surface area contributed by atoms with E-state index >= 15 is 0 Å². The third kappa shape index (κ3) is 5.64. The van der Waals surface area contributed by atoms with E-state index in [2.05, 4.69) is 10.1 Å². The molecule has 0 spiro atoms. The summed E-state index contributed by atoms with van der Waals surface area (Å²) in [4.78, 5) is 33.0. The molecule has 2 aromatic rings. The van der Waals surface area contributed by atoms with Crippen molar-refractivity contribution in [2.24, 2.45) is 0 Å². The van der Waals surface area contributed by atoms with Gasteiger partial charge in [-0.05, 0) is 30.5 Å². The number of benzene rings is 1. The molecule has 1 saturated heterocycles. The van der Waals surface area contributed by atoms with Crippen molar-refractivity contribution >= 4 is 11.8 Å². The molecule has 3 rings (SSSR count). The van der Waals surface area contributed by atoms with Gasteiger partial charge in [0, 0.05) is 44.9 Å². The average molecular weight is 416 g/mol. The zero-order chi connectivity index (χ0) is 21.7. The third-order valence-electron chi connectivity index (χ3n) is 5.42. The van der Waals surface area contributed by atoms with Gasteiger partial charge in [0.15, 0.2) is 5.82 Å². The van der Waals surface area contributed by atoms with Crippen molar-refractivity contribution in [3.63, 3.8) is 0 Å². The molecule has 1 fully saturated rings. The largest absolute Gasteiger partial charge is 0.340 e. The monoisotopic (exact) mass is 416 g/mol. The summed E-state index contributed by atoms with van der Waals surface area (Å²) < 4.78 is 18.3. The van der Waals surface area contributed by atoms with Crippen LogP contribution in [0.4, 0.5) is 4.39 Å². The van der Waals surface area contributed by atoms with Gasteiger partial charge in [0.25, 0.3) is 0 Å². The summed E-state index contributed by atoms with van der Waals surface area (Å²) in [6.45, 7) is 7.18. The lowest BCUT2D eigenvalue weighted by atomic mass is 10.0. The van der Waals surface area contributed by atoms with Crippen LogP contribution in [0.15, 0.2) is 28.8 Å². The van der Waals surface area contributed by atoms with Crippen LogP contribution in [-0.2, 0) is 22.4 Å². The van der Waals surface area contributed by atoms with E-state index in [1.54, 1.807) is 24.0 Å². The van der Waals surface area contributed by atoms with E-state index in [1.165, 1.54) is 12.1 Å². The van der Waals surface area contributed by atoms with Crippen LogP contribution in [0.25, 0.3) is 0 Å². The lowest BCUT2D eigenvalue weighted by molar-refractivity contribution is -0.138. The number of carbonyl (C=O) groups is 2. The minimum Gasteiger partial charge on any atom is -0.340 e. The Morgan fingerprint density at radius 1 is 1.30 bits per heavy atom. The summed E-state index contributed by atoms with van der Waals surface area (Å²) in [5.74, 6) is 0.993. The van der Waals surface area contributed by atoms with E-state index in [0.29, 0.717) is 37.8 Å². The second-order valence-corrected chi connectivity index (χ2v) is 8.11. The molecule has 1 unspecified atom stereocenters. The van der Waals surface area contributed by atoms with Crippen molar-refractivity contribution in [1.82, 2.24) is 19.9 Å². The highest BCUT2D eigenvalue weighted by Crippen LogP contribution is 2.19. The maximum Gasteiger partial charge on any atom is 0.229 e. The van der Waals surface area contributed by atoms with E-state index < -0.39 is 0 Å². The molecule has 162 valence electrons. The molecule has 0 saturated carbocycles. The average Bonchev–Trinajstić information content (AvgIpc) is 3.19. The fourth-order valence-corrected chi connectivity index (χ4v) is 3.75. The standard InChI is InChI=1S/C22H29FN4O3/c1-15(2)22-24-20(25-30-22)10-12-27(16(3)28)19-5-4-11-26(14-19)21(29)13-17-6-8-18(23)9-7-17/h6-9,15,19H,4-5,10-14H2,1-3H3. The van der Waals surface area contributed by atoms with Gasteiger partial charge in [-0.1, -0.05) is 31.1 Å². The Bertz CT molecular complexity index is 866. The quantitative estimate of drug-likeness (QED) is 0.693. The van der Waals surface area contributed by atoms with Crippen LogP contribution in [0.3, 0.4) is 0 Å². The Morgan fingerprint density at radius 3 is 2.67 bits per heavy atom. The van der Waals surface area contributed by atoms with Crippen LogP contribution in [0.1, 0.15) is 56.8 Å². The Morgan fingerprint density at radius 2 is 2.03 bits per heavy atom. The second-order valence-electron chi connectivity index (χ2n) is 8.11. The van der Waals surface area contributed by atoms with Crippen LogP contribution in [0.5, 0.6) is 0 Å². The lowest BCUT2D eigenvalue weighted by Crippen LogP contribution is -2.52. The minimum absolute atomic E-state index is 0.00504. The molecule has 2 amide bonds. The number of carbonyl (C=O) groups excluding carboxylic acids is 2. The van der Waals surface area contributed by atoms with Crippen LogP contribution in [0, 0.1) is 5.82 Å². The summed E-state index contributed by atoms with van der Waals surface area (Å²) in [5, 5.41) is 3.99. The normalized spacial score (nSPS) is 16.7. The third-order valence-corrected chi connectivity index (χ3v) is 5.42. The fourth-order valence-electron chi connectivity index (χ4n) is 3.75. The highest BCUT2D eigenvalue weighted by atomic mass is 19.1. The lowest BCUT2D eigenvalue weighted by Gasteiger charge is -2.39. The van der Waals surface area contributed by atoms with Gasteiger partial charge in [0.2, 0.25) is 17.7 Å². The Labute approximate surface area is 176 Å². The van der Waals surface area contributed by atoms with Crippen LogP contribution in [-0.4, -0.2) is 57.4 Å². The summed E-state index contributed by atoms with van der Waals surface area (Å²) in [7, 11) is 0. The highest BCUT2D eigenvalue weighted by molar-refractivity contribution is 5.79. The molecule has 1 aromatic carbocycles. The van der Waals surface area contributed by atoms with Gasteiger partial charge in [-0.25, -0.2) is 4.39 Å². The van der Waals surface area contributed by atoms with Gasteiger partial charge >= 0.3 is 0 Å². The first-order valence-corrected chi connectivity index (χ1v) is 10.5. The van der Waals surface area contributed by atoms with Gasteiger partial charge in [0.05, 0.1) is 6.42 Å². The topological polar surface area (TPSA) is 79.5 Å². The Hall–Kier alpha value is -2.77. The molecular weight excluding hydrogens is 387 g/mol. The van der Waals surface area contributed by atoms with Crippen molar-refractivity contribution in [3.8, 4) is 0 Å². The zero-order valence-corrected chi connectivity index (χ0v) is 17.8. The molecule has 0 N–H and O–H groups in total. The number of aromatic nitrogens is 2. The summed E-state index contributed by atoms with van der Waals surface area (Å²) >= 11 is 0. The number of hydrogen-bond acceptors (Lipinski definition) is 5. The molecule has 7 nitrogen and oxygen atoms in total. The first kappa shape index (κ1) is 21.9. The Kier molecular flexibility index (Phi) is 7.18. The number of rotatable bonds is 7. The maximum absolute atomic E-state index is 13.1. The SMILES string of the molecule is CC(=O)N(CCc1noc(C(C)C)n1)C1CCCN(C(=O)Cc2ccc(F)cc2)C1. The molecule has 2 heterocycles. The van der Waals surface area contributed by atoms with Gasteiger partial charge in [-0.15, -0.1) is 0 Å². The maximum atomic E-state index is 13.1. The predicted octanol–water partition coefficient (Wildman–Crippen LogP) is 2.96. The van der Waals surface area contributed by atoms with Gasteiger partial charge in [0.1, 0.15) is 5.82 Å². The van der Waals surface area contributed by atoms with Crippen LogP contribution >= 0.6 is 0 Å². The number of likely N-dealkylation sites (tertiary alicyclic amines) is 1. The van der Waals surface area contributed by atoms with E-state index in [-0.39, 0.29) is 36.0 Å². The van der Waals surface area contributed by atoms with Gasteiger partial charge in [-0.2, -0.15) is 4.98 Å². The number of nitrogens with zero attached hydrogens (tertiary/aromatic N) is 4. The Balaban J connectivity index is 1.59. The van der Waals surface area contributed by atoms with E-state index in [4.69, 9.17) is 4.52 Å². The molecule has 1 aliphatic heterocycles. The first-order chi connectivity index (χ1) is 14.3. The fraction of sp³-hybridized carbons (Fsp3) is 0.545. The predicted molar refractivity (Wildman–Crippen MR) is 109 cm³/mol. The zero-order valence-electron chi connectivity index (χ0n) is 17.8. The number of amides is 2. The van der Waals surface area contributed by atoms with E-state index in [1.807, 2.05) is 18.7 Å². The number of halogens is 1. The molecule has 1 aromatic heterocycles. The minimum atomic E-state index is -0.316. The summed E-state index contributed by atoms with van der Waals surface area (Å²) in [5.41, 5.74) is 0.782. The molecule has 8 heteroatoms. The molecule has 1 aliphatic rings. The van der Waals surface area contributed by atoms with Gasteiger partial charge < -0.3 is 14.3 Å². The molecule has 0 radical (unpaired) electrons. The first-order valence-electron chi connectivity index (χ1n) is 10.5. The summed E-state index contributed by atoms with van der Waals surface area (Å²) in [6, 6.07) is 5.95. The number of hydrogen-bond donors (Lipinski definition) is 0. The molecular formula is C22H29FN4O3. The van der Waals surface area contributed by atoms with Gasteiger partial charge in [-0.3, -0.25) is 9.59 Å². The van der Waals surface area contributed by atoms with Crippen molar-refractivity contribution < 1.29 is 18.5 Å². The van der Waals surface area contributed by atoms with Crippen LogP contribution in [0.2, 0.25) is 0 Å². The smallest absolute Gasteiger partial charge is 0.229 e. The van der Waals surface area contributed by atoms with Crippen molar-refractivity contribution in [1.29, 1.82) is 0 Å². The van der Waals surface area contributed by atoms with E-state index in [0.717, 1.165) is 18.4 Å². The van der Waals surface area contributed by atoms with Crippen LogP contribution < -0.4 is 0 Å². The van der Waals surface area contributed by atoms with Crippen molar-refractivity contribution in [2.75, 3.05) is 19.6 Å². The molecule has 0 bridgehead atoms.